The van der Waals surface area contributed by atoms with E-state index in [2.05, 4.69) is 16.0 Å². The fraction of sp³-hybridized carbons (Fsp3) is 0.650. The molecule has 3 N–H and O–H groups in total. The van der Waals surface area contributed by atoms with Gasteiger partial charge in [-0.1, -0.05) is 108 Å². The van der Waals surface area contributed by atoms with Crippen LogP contribution in [0.5, 0.6) is 5.75 Å². The summed E-state index contributed by atoms with van der Waals surface area (Å²) in [7, 11) is 11.1. The predicted molar refractivity (Wildman–Crippen MR) is 402 cm³/mol. The molecule has 29 heteroatoms. The lowest BCUT2D eigenvalue weighted by Gasteiger charge is -2.54. The highest BCUT2D eigenvalue weighted by atomic mass is 19.4. The molecule has 0 aromatic heterocycles. The highest BCUT2D eigenvalue weighted by Crippen LogP contribution is 2.50. The van der Waals surface area contributed by atoms with Crippen LogP contribution in [0.2, 0.25) is 0 Å². The molecule has 2 saturated heterocycles. The summed E-state index contributed by atoms with van der Waals surface area (Å²) in [5.41, 5.74) is -1.59. The van der Waals surface area contributed by atoms with Crippen LogP contribution in [-0.2, 0) is 81.3 Å². The molecule has 10 atom stereocenters. The number of nitrogens with zero attached hydrogens (tertiary/aromatic N) is 9. The van der Waals surface area contributed by atoms with Gasteiger partial charge in [-0.05, 0) is 131 Å². The zero-order valence-corrected chi connectivity index (χ0v) is 66.0. The number of halogens is 3. The number of hydrogen-bond donors (Lipinski definition) is 3. The molecule has 12 amide bonds. The Kier molecular flexibility index (Phi) is 29.3. The smallest absolute Gasteiger partial charge is 0.419 e. The molecule has 600 valence electrons. The zero-order chi connectivity index (χ0) is 80.1. The molecule has 7 heterocycles. The van der Waals surface area contributed by atoms with Crippen molar-refractivity contribution in [3.05, 3.63) is 82.9 Å². The van der Waals surface area contributed by atoms with Gasteiger partial charge in [0.15, 0.2) is 0 Å². The SMILES string of the molecule is CCO[C@@H]1C[C@H]2C(=O)NC3(CC(C)(C)C3)C(=O)N(C)[C@@H](C3CCCC3)C(=O)N(C)[C@H](C(=O)N(C)CC)CC(=O)N(C)[C@H]3CCCC/C=C\c4ccc(cc4)C[C@@H](C(=O)N(C)CC(=O)N[C@@H](CCc4ccc(C(F)(F)F)c(OC)c4)C(=O)N2C1)N1CC/C=C\C[C@@H](C1=O)N(C)C(=O)CN(C)C(=O)[C@H]([C@@H](C)CC)NC3=O. The lowest BCUT2D eigenvalue weighted by atomic mass is 9.58. The lowest BCUT2D eigenvalue weighted by Crippen LogP contribution is -2.71. The Morgan fingerprint density at radius 3 is 1.97 bits per heavy atom. The number of carbonyl (C=O) groups excluding carboxylic acids is 12. The van der Waals surface area contributed by atoms with E-state index in [1.165, 1.54) is 101 Å². The van der Waals surface area contributed by atoms with Crippen molar-refractivity contribution in [3.63, 3.8) is 0 Å². The molecule has 0 unspecified atom stereocenters. The average Bonchev–Trinajstić information content (AvgIpc) is 1.42. The van der Waals surface area contributed by atoms with Gasteiger partial charge < -0.3 is 69.5 Å². The van der Waals surface area contributed by atoms with E-state index in [9.17, 15) is 32.3 Å². The number of amides is 12. The first kappa shape index (κ1) is 85.7. The van der Waals surface area contributed by atoms with E-state index in [1.54, 1.807) is 26.8 Å². The molecule has 7 aliphatic heterocycles. The highest BCUT2D eigenvalue weighted by molar-refractivity contribution is 6.01. The first-order valence-electron chi connectivity index (χ1n) is 38.6. The van der Waals surface area contributed by atoms with Gasteiger partial charge in [-0.2, -0.15) is 13.2 Å². The number of allylic oxidation sites excluding steroid dienone is 1. The van der Waals surface area contributed by atoms with Crippen molar-refractivity contribution in [2.45, 2.75) is 223 Å². The van der Waals surface area contributed by atoms with Crippen molar-refractivity contribution in [3.8, 4) is 5.75 Å². The molecular weight excluding hydrogens is 1410 g/mol. The largest absolute Gasteiger partial charge is 0.496 e. The number of methoxy groups -OCH3 is 1. The van der Waals surface area contributed by atoms with Crippen molar-refractivity contribution in [1.29, 1.82) is 0 Å². The Balaban J connectivity index is 1.28. The Hall–Kier alpha value is -8.89. The molecule has 26 nitrogen and oxygen atoms in total. The van der Waals surface area contributed by atoms with E-state index in [1.807, 2.05) is 63.3 Å². The summed E-state index contributed by atoms with van der Waals surface area (Å²) in [5.74, 6) is -9.76. The molecule has 1 spiro atoms. The Morgan fingerprint density at radius 2 is 1.34 bits per heavy atom. The number of likely N-dealkylation sites (N-methyl/N-ethyl adjacent to an activating group) is 7. The van der Waals surface area contributed by atoms with E-state index in [-0.39, 0.29) is 89.6 Å². The molecule has 9 aliphatic rings. The van der Waals surface area contributed by atoms with Gasteiger partial charge in [-0.15, -0.1) is 0 Å². The summed E-state index contributed by atoms with van der Waals surface area (Å²) in [6, 6.07) is -0.0671. The van der Waals surface area contributed by atoms with Crippen LogP contribution in [0, 0.1) is 17.3 Å². The van der Waals surface area contributed by atoms with E-state index < -0.39 is 185 Å². The highest BCUT2D eigenvalue weighted by Gasteiger charge is 2.59. The zero-order valence-electron chi connectivity index (χ0n) is 66.0. The molecule has 2 aromatic rings. The summed E-state index contributed by atoms with van der Waals surface area (Å²) in [6.45, 7) is 9.77. The maximum atomic E-state index is 15.9. The normalized spacial score (nSPS) is 27.3. The van der Waals surface area contributed by atoms with E-state index in [4.69, 9.17) is 9.47 Å². The second kappa shape index (κ2) is 37.2. The fourth-order valence-electron chi connectivity index (χ4n) is 16.6. The molecule has 4 fully saturated rings. The third-order valence-corrected chi connectivity index (χ3v) is 23.1. The molecular formula is C80H115F3N12O14. The van der Waals surface area contributed by atoms with Crippen LogP contribution in [0.3, 0.4) is 0 Å². The van der Waals surface area contributed by atoms with Gasteiger partial charge in [-0.3, -0.25) is 57.5 Å². The van der Waals surface area contributed by atoms with Crippen LogP contribution >= 0.6 is 0 Å². The minimum absolute atomic E-state index is 0.000426. The summed E-state index contributed by atoms with van der Waals surface area (Å²) in [6.07, 6.45) is 5.56. The monoisotopic (exact) mass is 1520 g/mol. The van der Waals surface area contributed by atoms with E-state index in [0.717, 1.165) is 23.6 Å². The van der Waals surface area contributed by atoms with Crippen LogP contribution in [0.25, 0.3) is 6.08 Å². The summed E-state index contributed by atoms with van der Waals surface area (Å²) >= 11 is 0. The maximum Gasteiger partial charge on any atom is 0.419 e. The number of rotatable bonds is 11. The summed E-state index contributed by atoms with van der Waals surface area (Å²) < 4.78 is 54.0. The van der Waals surface area contributed by atoms with Gasteiger partial charge in [0.05, 0.1) is 38.3 Å². The standard InChI is InChI=1S/C80H115F3N12O14/c1-15-50(4)67-75(105)89(9)47-66(98)91(11)59-31-23-20-26-40-94(74(59)104)62-41-52-34-32-51(33-35-52)27-21-18-19-22-30-58(69(99)85-67)90(10)65(97)44-61(72(102)87(7)16-2)92(12)76(106)68(54-28-24-25-29-54)93(13)77(107)79(48-78(5,6)49-79)86-70(100)60-43-55(109-17-3)45-95(60)71(101)57(84-64(96)46-88(8)73(62)103)39-37-53-36-38-56(80(81,82)83)63(42-53)108-14/h20-21,23,27,32-36,38,42,50,54-55,57-62,67-68H,15-19,22,24-26,28-31,37,39-41,43-49H2,1-14H3,(H,84,96)(H,85,99)(H,86,100)/b23-20-,27-21-/t50-,55+,57-,58-,59-,60-,61-,62-,67-,68-/m0/s1. The van der Waals surface area contributed by atoms with Gasteiger partial charge in [0.25, 0.3) is 0 Å². The Bertz CT molecular complexity index is 3710. The third-order valence-electron chi connectivity index (χ3n) is 23.1. The van der Waals surface area contributed by atoms with Gasteiger partial charge in [-0.25, -0.2) is 0 Å². The molecule has 109 heavy (non-hydrogen) atoms. The first-order chi connectivity index (χ1) is 51.5. The minimum Gasteiger partial charge on any atom is -0.496 e. The number of alkyl halides is 3. The lowest BCUT2D eigenvalue weighted by molar-refractivity contribution is -0.161. The van der Waals surface area contributed by atoms with Gasteiger partial charge in [0.2, 0.25) is 70.9 Å². The third kappa shape index (κ3) is 20.6. The van der Waals surface area contributed by atoms with E-state index >= 15 is 38.4 Å². The number of benzene rings is 2. The number of ether oxygens (including phenoxy) is 2. The van der Waals surface area contributed by atoms with Crippen molar-refractivity contribution in [2.24, 2.45) is 17.3 Å². The van der Waals surface area contributed by atoms with Crippen LogP contribution in [-0.4, -0.2) is 271 Å². The summed E-state index contributed by atoms with van der Waals surface area (Å²) in [5, 5.41) is 8.84. The maximum absolute atomic E-state index is 15.9. The topological polar surface area (TPSA) is 289 Å². The first-order valence-corrected chi connectivity index (χ1v) is 38.6. The quantitative estimate of drug-likeness (QED) is 0.217. The Morgan fingerprint density at radius 1 is 0.679 bits per heavy atom. The van der Waals surface area contributed by atoms with Gasteiger partial charge >= 0.3 is 6.18 Å². The Labute approximate surface area is 639 Å². The summed E-state index contributed by atoms with van der Waals surface area (Å²) in [4.78, 5) is 195. The second-order valence-corrected chi connectivity index (χ2v) is 31.5. The number of nitrogens with one attached hydrogen (secondary N) is 3. The fourth-order valence-corrected chi connectivity index (χ4v) is 16.6. The molecule has 11 rings (SSSR count). The van der Waals surface area contributed by atoms with Crippen molar-refractivity contribution in [2.75, 3.05) is 95.8 Å². The number of carbonyl (C=O) groups is 12. The predicted octanol–water partition coefficient (Wildman–Crippen LogP) is 6.02. The second-order valence-electron chi connectivity index (χ2n) is 31.5. The van der Waals surface area contributed by atoms with Crippen LogP contribution in [0.4, 0.5) is 13.2 Å². The number of aryl methyl sites for hydroxylation is 1. The molecule has 6 bridgehead atoms. The van der Waals surface area contributed by atoms with Crippen LogP contribution in [0.15, 0.2) is 60.7 Å². The van der Waals surface area contributed by atoms with Crippen molar-refractivity contribution >= 4 is 77.0 Å². The molecule has 0 radical (unpaired) electrons. The minimum atomic E-state index is -4.78. The molecule has 2 aromatic carbocycles. The van der Waals surface area contributed by atoms with Gasteiger partial charge in [0, 0.05) is 88.4 Å². The van der Waals surface area contributed by atoms with Crippen LogP contribution in [0.1, 0.15) is 167 Å². The van der Waals surface area contributed by atoms with Crippen molar-refractivity contribution < 1.29 is 80.2 Å². The van der Waals surface area contributed by atoms with E-state index in [0.29, 0.717) is 56.9 Å². The van der Waals surface area contributed by atoms with Crippen LogP contribution < -0.4 is 20.7 Å². The molecule has 2 saturated carbocycles. The number of hydrogen-bond acceptors (Lipinski definition) is 14. The van der Waals surface area contributed by atoms with Gasteiger partial charge in [0.1, 0.15) is 59.6 Å². The molecule has 2 aliphatic carbocycles. The van der Waals surface area contributed by atoms with Crippen molar-refractivity contribution in [1.82, 2.24) is 60.0 Å². The average molecular weight is 1530 g/mol.